The van der Waals surface area contributed by atoms with Crippen LogP contribution in [0.3, 0.4) is 0 Å². The highest BCUT2D eigenvalue weighted by molar-refractivity contribution is 5.92. The van der Waals surface area contributed by atoms with Crippen LogP contribution in [0.2, 0.25) is 0 Å². The summed E-state index contributed by atoms with van der Waals surface area (Å²) in [5, 5.41) is 14.3. The maximum absolute atomic E-state index is 12.5. The van der Waals surface area contributed by atoms with Crippen LogP contribution in [-0.4, -0.2) is 39.0 Å². The van der Waals surface area contributed by atoms with Gasteiger partial charge in [0.05, 0.1) is 11.7 Å². The largest absolute Gasteiger partial charge is 0.454 e. The van der Waals surface area contributed by atoms with Crippen LogP contribution in [0.4, 0.5) is 0 Å². The molecule has 0 aromatic carbocycles. The number of carbonyl (C=O) groups excluding carboxylic acids is 1. The molecule has 0 spiro atoms. The standard InChI is InChI=1S/C15H19N5O2/c21-14(18-15-5-1-2-13(15)16-7-6-15)12-4-3-11(22-12)10-20-9-8-17-19-20/h3-4,8-9,13,16H,1-2,5-7,10H2,(H,18,21). The van der Waals surface area contributed by atoms with E-state index in [0.717, 1.165) is 32.2 Å². The summed E-state index contributed by atoms with van der Waals surface area (Å²) < 4.78 is 7.31. The number of aromatic nitrogens is 3. The van der Waals surface area contributed by atoms with E-state index in [1.807, 2.05) is 6.07 Å². The Kier molecular flexibility index (Phi) is 3.22. The van der Waals surface area contributed by atoms with Crippen molar-refractivity contribution >= 4 is 5.91 Å². The lowest BCUT2D eigenvalue weighted by atomic mass is 9.93. The molecular formula is C15H19N5O2. The topological polar surface area (TPSA) is 85.0 Å². The van der Waals surface area contributed by atoms with Crippen molar-refractivity contribution in [1.29, 1.82) is 0 Å². The summed E-state index contributed by atoms with van der Waals surface area (Å²) in [5.74, 6) is 0.933. The summed E-state index contributed by atoms with van der Waals surface area (Å²) in [7, 11) is 0. The lowest BCUT2D eigenvalue weighted by Crippen LogP contribution is -2.52. The van der Waals surface area contributed by atoms with Gasteiger partial charge in [-0.05, 0) is 44.4 Å². The van der Waals surface area contributed by atoms with Gasteiger partial charge in [-0.2, -0.15) is 0 Å². The van der Waals surface area contributed by atoms with Gasteiger partial charge in [-0.1, -0.05) is 5.21 Å². The van der Waals surface area contributed by atoms with Crippen LogP contribution in [0.15, 0.2) is 28.9 Å². The Bertz CT molecular complexity index is 653. The molecule has 116 valence electrons. The molecule has 2 atom stereocenters. The van der Waals surface area contributed by atoms with Crippen molar-refractivity contribution in [3.05, 3.63) is 36.0 Å². The van der Waals surface area contributed by atoms with E-state index in [0.29, 0.717) is 24.1 Å². The van der Waals surface area contributed by atoms with E-state index in [4.69, 9.17) is 4.42 Å². The molecule has 0 radical (unpaired) electrons. The quantitative estimate of drug-likeness (QED) is 0.877. The minimum Gasteiger partial charge on any atom is -0.454 e. The van der Waals surface area contributed by atoms with Crippen LogP contribution in [-0.2, 0) is 6.54 Å². The average molecular weight is 301 g/mol. The molecule has 1 saturated carbocycles. The monoisotopic (exact) mass is 301 g/mol. The summed E-state index contributed by atoms with van der Waals surface area (Å²) in [6.45, 7) is 1.45. The van der Waals surface area contributed by atoms with Crippen molar-refractivity contribution in [3.8, 4) is 0 Å². The molecule has 2 aromatic heterocycles. The summed E-state index contributed by atoms with van der Waals surface area (Å²) in [5.41, 5.74) is -0.0874. The number of nitrogens with zero attached hydrogens (tertiary/aromatic N) is 3. The van der Waals surface area contributed by atoms with Crippen molar-refractivity contribution in [3.63, 3.8) is 0 Å². The predicted octanol–water partition coefficient (Wildman–Crippen LogP) is 0.934. The first-order valence-corrected chi connectivity index (χ1v) is 7.74. The first-order chi connectivity index (χ1) is 10.8. The molecule has 2 aromatic rings. The molecule has 2 N–H and O–H groups in total. The second-order valence-electron chi connectivity index (χ2n) is 6.13. The molecule has 7 nitrogen and oxygen atoms in total. The van der Waals surface area contributed by atoms with Crippen molar-refractivity contribution in [2.24, 2.45) is 0 Å². The second-order valence-corrected chi connectivity index (χ2v) is 6.13. The van der Waals surface area contributed by atoms with Gasteiger partial charge in [0.15, 0.2) is 5.76 Å². The Morgan fingerprint density at radius 3 is 3.32 bits per heavy atom. The Hall–Kier alpha value is -2.15. The number of fused-ring (bicyclic) bond motifs is 1. The number of furan rings is 1. The Balaban J connectivity index is 1.46. The molecular weight excluding hydrogens is 282 g/mol. The number of rotatable bonds is 4. The fourth-order valence-electron chi connectivity index (χ4n) is 3.70. The number of hydrogen-bond donors (Lipinski definition) is 2. The minimum atomic E-state index is -0.125. The van der Waals surface area contributed by atoms with Gasteiger partial charge in [0.1, 0.15) is 12.3 Å². The van der Waals surface area contributed by atoms with Crippen LogP contribution in [0.25, 0.3) is 0 Å². The van der Waals surface area contributed by atoms with Gasteiger partial charge in [0.2, 0.25) is 0 Å². The molecule has 1 saturated heterocycles. The van der Waals surface area contributed by atoms with Gasteiger partial charge in [-0.3, -0.25) is 4.79 Å². The zero-order valence-electron chi connectivity index (χ0n) is 12.3. The lowest BCUT2D eigenvalue weighted by molar-refractivity contribution is 0.0867. The second kappa shape index (κ2) is 5.24. The molecule has 22 heavy (non-hydrogen) atoms. The van der Waals surface area contributed by atoms with Gasteiger partial charge in [-0.25, -0.2) is 4.68 Å². The molecule has 7 heteroatoms. The maximum Gasteiger partial charge on any atom is 0.287 e. The van der Waals surface area contributed by atoms with Crippen LogP contribution in [0, 0.1) is 0 Å². The van der Waals surface area contributed by atoms with Crippen LogP contribution < -0.4 is 10.6 Å². The van der Waals surface area contributed by atoms with Gasteiger partial charge in [0, 0.05) is 12.2 Å². The maximum atomic E-state index is 12.5. The van der Waals surface area contributed by atoms with Gasteiger partial charge < -0.3 is 15.1 Å². The smallest absolute Gasteiger partial charge is 0.287 e. The summed E-state index contributed by atoms with van der Waals surface area (Å²) in [4.78, 5) is 12.5. The molecule has 2 aliphatic rings. The highest BCUT2D eigenvalue weighted by atomic mass is 16.4. The van der Waals surface area contributed by atoms with Crippen LogP contribution >= 0.6 is 0 Å². The van der Waals surface area contributed by atoms with E-state index < -0.39 is 0 Å². The van der Waals surface area contributed by atoms with E-state index in [1.54, 1.807) is 23.1 Å². The fraction of sp³-hybridized carbons (Fsp3) is 0.533. The molecule has 2 unspecified atom stereocenters. The first-order valence-electron chi connectivity index (χ1n) is 7.74. The molecule has 3 heterocycles. The molecule has 0 bridgehead atoms. The summed E-state index contributed by atoms with van der Waals surface area (Å²) in [6, 6.07) is 3.94. The number of nitrogens with one attached hydrogen (secondary N) is 2. The van der Waals surface area contributed by atoms with E-state index in [1.165, 1.54) is 0 Å². The molecule has 2 fully saturated rings. The summed E-state index contributed by atoms with van der Waals surface area (Å²) >= 11 is 0. The Morgan fingerprint density at radius 2 is 2.45 bits per heavy atom. The Labute approximate surface area is 128 Å². The average Bonchev–Trinajstić information content (AvgIpc) is 3.21. The molecule has 1 aliphatic heterocycles. The number of hydrogen-bond acceptors (Lipinski definition) is 5. The van der Waals surface area contributed by atoms with Crippen molar-refractivity contribution in [1.82, 2.24) is 25.6 Å². The van der Waals surface area contributed by atoms with Gasteiger partial charge >= 0.3 is 0 Å². The van der Waals surface area contributed by atoms with Crippen LogP contribution in [0.1, 0.15) is 42.0 Å². The van der Waals surface area contributed by atoms with Crippen molar-refractivity contribution in [2.45, 2.75) is 43.8 Å². The summed E-state index contributed by atoms with van der Waals surface area (Å²) in [6.07, 6.45) is 7.71. The normalized spacial score (nSPS) is 27.0. The highest BCUT2D eigenvalue weighted by Gasteiger charge is 2.47. The van der Waals surface area contributed by atoms with E-state index in [9.17, 15) is 4.79 Å². The lowest BCUT2D eigenvalue weighted by Gasteiger charge is -2.29. The highest BCUT2D eigenvalue weighted by Crippen LogP contribution is 2.36. The third kappa shape index (κ3) is 2.31. The van der Waals surface area contributed by atoms with E-state index in [2.05, 4.69) is 20.9 Å². The van der Waals surface area contributed by atoms with Crippen molar-refractivity contribution in [2.75, 3.05) is 6.54 Å². The van der Waals surface area contributed by atoms with Crippen molar-refractivity contribution < 1.29 is 9.21 Å². The number of amides is 1. The molecule has 4 rings (SSSR count). The van der Waals surface area contributed by atoms with Gasteiger partial charge in [0.25, 0.3) is 5.91 Å². The SMILES string of the molecule is O=C(NC12CCCC1NCC2)c1ccc(Cn2ccnn2)o1. The molecule has 1 aliphatic carbocycles. The molecule has 1 amide bonds. The van der Waals surface area contributed by atoms with E-state index >= 15 is 0 Å². The first kappa shape index (κ1) is 13.5. The fourth-order valence-corrected chi connectivity index (χ4v) is 3.70. The minimum absolute atomic E-state index is 0.0874. The zero-order valence-corrected chi connectivity index (χ0v) is 12.3. The Morgan fingerprint density at radius 1 is 1.50 bits per heavy atom. The van der Waals surface area contributed by atoms with E-state index in [-0.39, 0.29) is 11.4 Å². The number of carbonyl (C=O) groups is 1. The third-order valence-electron chi connectivity index (χ3n) is 4.78. The zero-order chi connectivity index (χ0) is 15.0. The third-order valence-corrected chi connectivity index (χ3v) is 4.78. The predicted molar refractivity (Wildman–Crippen MR) is 78.3 cm³/mol. The van der Waals surface area contributed by atoms with Crippen LogP contribution in [0.5, 0.6) is 0 Å². The van der Waals surface area contributed by atoms with Gasteiger partial charge in [-0.15, -0.1) is 5.10 Å².